The van der Waals surface area contributed by atoms with Crippen molar-refractivity contribution >= 4 is 33.4 Å². The molecular weight excluding hydrogens is 438 g/mol. The van der Waals surface area contributed by atoms with Gasteiger partial charge in [-0.2, -0.15) is 0 Å². The predicted octanol–water partition coefficient (Wildman–Crippen LogP) is 2.37. The molecule has 0 spiro atoms. The normalized spacial score (nSPS) is 11.1. The van der Waals surface area contributed by atoms with Crippen LogP contribution in [0, 0.1) is 6.92 Å². The van der Waals surface area contributed by atoms with Gasteiger partial charge in [0.1, 0.15) is 6.61 Å². The molecule has 2 aromatic rings. The molecule has 0 bridgehead atoms. The zero-order valence-corrected chi connectivity index (χ0v) is 19.0. The van der Waals surface area contributed by atoms with E-state index in [9.17, 15) is 18.0 Å². The molecule has 0 unspecified atom stereocenters. The highest BCUT2D eigenvalue weighted by Gasteiger charge is 2.18. The molecule has 0 radical (unpaired) electrons. The second kappa shape index (κ2) is 12.2. The lowest BCUT2D eigenvalue weighted by Gasteiger charge is -2.12. The van der Waals surface area contributed by atoms with Crippen LogP contribution in [0.15, 0.2) is 47.4 Å². The van der Waals surface area contributed by atoms with Crippen LogP contribution in [0.2, 0.25) is 0 Å². The van der Waals surface area contributed by atoms with Gasteiger partial charge in [0.2, 0.25) is 10.0 Å². The third kappa shape index (κ3) is 7.61. The fourth-order valence-corrected chi connectivity index (χ4v) is 3.66. The number of carbonyl (C=O) groups excluding carboxylic acids is 2. The van der Waals surface area contributed by atoms with Crippen LogP contribution < -0.4 is 15.4 Å². The minimum atomic E-state index is -3.79. The van der Waals surface area contributed by atoms with Gasteiger partial charge in [0, 0.05) is 37.7 Å². The van der Waals surface area contributed by atoms with Gasteiger partial charge >= 0.3 is 6.09 Å². The van der Waals surface area contributed by atoms with E-state index in [2.05, 4.69) is 15.4 Å². The number of hydrogen-bond donors (Lipinski definition) is 3. The molecule has 32 heavy (non-hydrogen) atoms. The topological polar surface area (TPSA) is 132 Å². The van der Waals surface area contributed by atoms with E-state index in [0.717, 1.165) is 0 Å². The Morgan fingerprint density at radius 2 is 1.59 bits per heavy atom. The number of carbonyl (C=O) groups is 2. The molecule has 0 aromatic heterocycles. The first-order valence-corrected chi connectivity index (χ1v) is 11.2. The number of nitrogens with one attached hydrogen (secondary N) is 3. The number of anilines is 2. The van der Waals surface area contributed by atoms with Crippen LogP contribution in [0.4, 0.5) is 16.2 Å². The lowest BCUT2D eigenvalue weighted by molar-refractivity contribution is 0.102. The van der Waals surface area contributed by atoms with Crippen molar-refractivity contribution in [3.63, 3.8) is 0 Å². The number of rotatable bonds is 11. The van der Waals surface area contributed by atoms with Crippen LogP contribution in [0.5, 0.6) is 0 Å². The summed E-state index contributed by atoms with van der Waals surface area (Å²) in [6.45, 7) is 2.43. The molecule has 0 saturated heterocycles. The van der Waals surface area contributed by atoms with Gasteiger partial charge in [-0.15, -0.1) is 0 Å². The molecule has 0 atom stereocenters. The predicted molar refractivity (Wildman–Crippen MR) is 119 cm³/mol. The molecule has 2 aromatic carbocycles. The van der Waals surface area contributed by atoms with Gasteiger partial charge in [-0.05, 0) is 42.8 Å². The van der Waals surface area contributed by atoms with Crippen molar-refractivity contribution in [3.8, 4) is 0 Å². The number of methoxy groups -OCH3 is 2. The summed E-state index contributed by atoms with van der Waals surface area (Å²) in [7, 11) is -0.820. The maximum atomic E-state index is 12.8. The Kier molecular flexibility index (Phi) is 9.60. The zero-order chi connectivity index (χ0) is 23.6. The van der Waals surface area contributed by atoms with Crippen LogP contribution in [0.3, 0.4) is 0 Å². The lowest BCUT2D eigenvalue weighted by Crippen LogP contribution is -2.27. The molecule has 0 aliphatic rings. The van der Waals surface area contributed by atoms with Crippen molar-refractivity contribution in [2.45, 2.75) is 11.8 Å². The third-order valence-electron chi connectivity index (χ3n) is 4.25. The lowest BCUT2D eigenvalue weighted by atomic mass is 10.1. The number of ether oxygens (including phenoxy) is 3. The van der Waals surface area contributed by atoms with E-state index in [-0.39, 0.29) is 36.8 Å². The minimum absolute atomic E-state index is 0.0291. The van der Waals surface area contributed by atoms with Gasteiger partial charge in [-0.25, -0.2) is 17.9 Å². The van der Waals surface area contributed by atoms with Crippen molar-refractivity contribution < 1.29 is 32.2 Å². The second-order valence-electron chi connectivity index (χ2n) is 6.66. The summed E-state index contributed by atoms with van der Waals surface area (Å²) >= 11 is 0. The van der Waals surface area contributed by atoms with Crippen LogP contribution in [0.25, 0.3) is 0 Å². The summed E-state index contributed by atoms with van der Waals surface area (Å²) in [5.74, 6) is -0.490. The number of aryl methyl sites for hydroxylation is 1. The average Bonchev–Trinajstić information content (AvgIpc) is 2.74. The van der Waals surface area contributed by atoms with Crippen LogP contribution >= 0.6 is 0 Å². The first-order chi connectivity index (χ1) is 15.3. The highest BCUT2D eigenvalue weighted by atomic mass is 32.2. The Bertz CT molecular complexity index is 1040. The smallest absolute Gasteiger partial charge is 0.411 e. The molecule has 0 aliphatic carbocycles. The van der Waals surface area contributed by atoms with Crippen LogP contribution in [-0.4, -0.2) is 61.0 Å². The summed E-state index contributed by atoms with van der Waals surface area (Å²) < 4.78 is 41.9. The van der Waals surface area contributed by atoms with Gasteiger partial charge in [-0.3, -0.25) is 10.1 Å². The third-order valence-corrected chi connectivity index (χ3v) is 5.71. The quantitative estimate of drug-likeness (QED) is 0.434. The van der Waals surface area contributed by atoms with E-state index in [0.29, 0.717) is 16.9 Å². The van der Waals surface area contributed by atoms with E-state index < -0.39 is 22.0 Å². The van der Waals surface area contributed by atoms with E-state index >= 15 is 0 Å². The Morgan fingerprint density at radius 1 is 0.906 bits per heavy atom. The molecule has 174 valence electrons. The molecule has 0 aliphatic heterocycles. The van der Waals surface area contributed by atoms with E-state index in [1.54, 1.807) is 37.3 Å². The fourth-order valence-electron chi connectivity index (χ4n) is 2.62. The molecule has 0 saturated carbocycles. The molecule has 0 fully saturated rings. The SMILES string of the molecule is COCCNS(=O)(=O)c1ccc(C)c(C(=O)Nc2cccc(NC(=O)OCCOC)c2)c1. The number of hydrogen-bond acceptors (Lipinski definition) is 7. The summed E-state index contributed by atoms with van der Waals surface area (Å²) in [6.07, 6.45) is -0.653. The first-order valence-electron chi connectivity index (χ1n) is 9.70. The summed E-state index contributed by atoms with van der Waals surface area (Å²) in [4.78, 5) is 24.5. The molecular formula is C21H27N3O7S. The molecule has 11 heteroatoms. The standard InChI is InChI=1S/C21H27N3O7S/c1-15-7-8-18(32(27,28)22-9-10-29-2)14-19(15)20(25)23-16-5-4-6-17(13-16)24-21(26)31-12-11-30-3/h4-8,13-14,22H,9-12H2,1-3H3,(H,23,25)(H,24,26). The second-order valence-corrected chi connectivity index (χ2v) is 8.42. The van der Waals surface area contributed by atoms with E-state index in [1.807, 2.05) is 0 Å². The van der Waals surface area contributed by atoms with Crippen molar-refractivity contribution in [2.75, 3.05) is 51.2 Å². The minimum Gasteiger partial charge on any atom is -0.447 e. The van der Waals surface area contributed by atoms with E-state index in [1.165, 1.54) is 26.4 Å². The van der Waals surface area contributed by atoms with Gasteiger partial charge in [0.25, 0.3) is 5.91 Å². The monoisotopic (exact) mass is 465 g/mol. The van der Waals surface area contributed by atoms with Crippen LogP contribution in [0.1, 0.15) is 15.9 Å². The van der Waals surface area contributed by atoms with E-state index in [4.69, 9.17) is 14.2 Å². The van der Waals surface area contributed by atoms with Gasteiger partial charge in [-0.1, -0.05) is 12.1 Å². The van der Waals surface area contributed by atoms with Gasteiger partial charge in [0.15, 0.2) is 0 Å². The molecule has 2 rings (SSSR count). The Morgan fingerprint density at radius 3 is 2.28 bits per heavy atom. The number of amides is 2. The van der Waals surface area contributed by atoms with Gasteiger partial charge in [0.05, 0.1) is 18.1 Å². The van der Waals surface area contributed by atoms with Gasteiger partial charge < -0.3 is 19.5 Å². The Labute approximate surface area is 187 Å². The van der Waals surface area contributed by atoms with Crippen molar-refractivity contribution in [3.05, 3.63) is 53.6 Å². The Balaban J connectivity index is 2.11. The fraction of sp³-hybridized carbons (Fsp3) is 0.333. The zero-order valence-electron chi connectivity index (χ0n) is 18.1. The molecule has 2 amide bonds. The molecule has 0 heterocycles. The molecule has 3 N–H and O–H groups in total. The highest BCUT2D eigenvalue weighted by Crippen LogP contribution is 2.20. The average molecular weight is 466 g/mol. The largest absolute Gasteiger partial charge is 0.447 e. The number of sulfonamides is 1. The van der Waals surface area contributed by atoms with Crippen molar-refractivity contribution in [1.82, 2.24) is 4.72 Å². The van der Waals surface area contributed by atoms with Crippen LogP contribution in [-0.2, 0) is 24.2 Å². The first kappa shape index (κ1) is 25.3. The van der Waals surface area contributed by atoms with Crippen molar-refractivity contribution in [2.24, 2.45) is 0 Å². The van der Waals surface area contributed by atoms with Crippen molar-refractivity contribution in [1.29, 1.82) is 0 Å². The Hall–Kier alpha value is -2.99. The maximum absolute atomic E-state index is 12.8. The maximum Gasteiger partial charge on any atom is 0.411 e. The highest BCUT2D eigenvalue weighted by molar-refractivity contribution is 7.89. The summed E-state index contributed by atoms with van der Waals surface area (Å²) in [5.41, 5.74) is 1.64. The number of benzene rings is 2. The molecule has 10 nitrogen and oxygen atoms in total. The summed E-state index contributed by atoms with van der Waals surface area (Å²) in [6, 6.07) is 10.8. The summed E-state index contributed by atoms with van der Waals surface area (Å²) in [5, 5.41) is 5.26.